The Morgan fingerprint density at radius 1 is 1.38 bits per heavy atom. The zero-order valence-corrected chi connectivity index (χ0v) is 14.6. The standard InChI is InChI=1S/C15H23N3O5S/c1-11(14(19)16-10-13-4-3-9-23-13)17-15(20)12-5-7-18(8-6-12)24(2,21)22/h3-4,9,11-12H,5-8,10H2,1-2H3,(H,16,19)(H,17,20)/t11-/m0/s1. The fraction of sp³-hybridized carbons (Fsp3) is 0.600. The van der Waals surface area contributed by atoms with E-state index in [1.165, 1.54) is 16.8 Å². The number of furan rings is 1. The third-order valence-corrected chi connectivity index (χ3v) is 5.37. The van der Waals surface area contributed by atoms with E-state index in [0.717, 1.165) is 0 Å². The second kappa shape index (κ2) is 7.80. The Morgan fingerprint density at radius 3 is 2.58 bits per heavy atom. The molecule has 0 unspecified atom stereocenters. The number of piperidine rings is 1. The second-order valence-electron chi connectivity index (χ2n) is 5.96. The maximum absolute atomic E-state index is 12.2. The lowest BCUT2D eigenvalue weighted by Crippen LogP contribution is -2.48. The number of nitrogens with zero attached hydrogens (tertiary/aromatic N) is 1. The van der Waals surface area contributed by atoms with Gasteiger partial charge in [0.15, 0.2) is 0 Å². The van der Waals surface area contributed by atoms with Crippen molar-refractivity contribution in [2.75, 3.05) is 19.3 Å². The molecule has 8 nitrogen and oxygen atoms in total. The fourth-order valence-electron chi connectivity index (χ4n) is 2.59. The molecule has 1 aliphatic rings. The minimum Gasteiger partial charge on any atom is -0.467 e. The van der Waals surface area contributed by atoms with Crippen molar-refractivity contribution in [1.29, 1.82) is 0 Å². The molecule has 9 heteroatoms. The van der Waals surface area contributed by atoms with Crippen LogP contribution < -0.4 is 10.6 Å². The Morgan fingerprint density at radius 2 is 2.04 bits per heavy atom. The third-order valence-electron chi connectivity index (χ3n) is 4.06. The van der Waals surface area contributed by atoms with Crippen molar-refractivity contribution in [3.63, 3.8) is 0 Å². The monoisotopic (exact) mass is 357 g/mol. The van der Waals surface area contributed by atoms with Gasteiger partial charge in [0.2, 0.25) is 21.8 Å². The molecular weight excluding hydrogens is 334 g/mol. The first-order chi connectivity index (χ1) is 11.3. The van der Waals surface area contributed by atoms with Crippen LogP contribution in [0.25, 0.3) is 0 Å². The third kappa shape index (κ3) is 5.07. The molecule has 1 aromatic heterocycles. The van der Waals surface area contributed by atoms with E-state index in [2.05, 4.69) is 10.6 Å². The van der Waals surface area contributed by atoms with Crippen molar-refractivity contribution < 1.29 is 22.4 Å². The van der Waals surface area contributed by atoms with E-state index in [0.29, 0.717) is 31.7 Å². The van der Waals surface area contributed by atoms with Crippen LogP contribution in [0.1, 0.15) is 25.5 Å². The van der Waals surface area contributed by atoms with Gasteiger partial charge in [-0.2, -0.15) is 0 Å². The molecule has 1 fully saturated rings. The molecule has 24 heavy (non-hydrogen) atoms. The molecule has 1 aliphatic heterocycles. The largest absolute Gasteiger partial charge is 0.467 e. The quantitative estimate of drug-likeness (QED) is 0.749. The van der Waals surface area contributed by atoms with Crippen molar-refractivity contribution in [1.82, 2.24) is 14.9 Å². The van der Waals surface area contributed by atoms with Gasteiger partial charge in [0.1, 0.15) is 11.8 Å². The zero-order chi connectivity index (χ0) is 17.7. The van der Waals surface area contributed by atoms with Gasteiger partial charge in [-0.3, -0.25) is 9.59 Å². The molecular formula is C15H23N3O5S. The molecule has 1 saturated heterocycles. The van der Waals surface area contributed by atoms with Crippen molar-refractivity contribution in [3.05, 3.63) is 24.2 Å². The molecule has 0 radical (unpaired) electrons. The summed E-state index contributed by atoms with van der Waals surface area (Å²) in [5, 5.41) is 5.37. The molecule has 0 saturated carbocycles. The van der Waals surface area contributed by atoms with E-state index < -0.39 is 16.1 Å². The number of hydrogen-bond acceptors (Lipinski definition) is 5. The molecule has 2 heterocycles. The summed E-state index contributed by atoms with van der Waals surface area (Å²) in [6.07, 6.45) is 3.60. The van der Waals surface area contributed by atoms with Gasteiger partial charge in [0, 0.05) is 19.0 Å². The zero-order valence-electron chi connectivity index (χ0n) is 13.8. The van der Waals surface area contributed by atoms with E-state index >= 15 is 0 Å². The lowest BCUT2D eigenvalue weighted by Gasteiger charge is -2.30. The highest BCUT2D eigenvalue weighted by atomic mass is 32.2. The summed E-state index contributed by atoms with van der Waals surface area (Å²) in [5.74, 6) is -0.157. The van der Waals surface area contributed by atoms with E-state index in [-0.39, 0.29) is 24.3 Å². The first-order valence-electron chi connectivity index (χ1n) is 7.83. The Labute approximate surface area is 141 Å². The van der Waals surface area contributed by atoms with Crippen molar-refractivity contribution in [2.24, 2.45) is 5.92 Å². The number of rotatable bonds is 6. The Hall–Kier alpha value is -1.87. The maximum Gasteiger partial charge on any atom is 0.242 e. The summed E-state index contributed by atoms with van der Waals surface area (Å²) in [6, 6.07) is 2.81. The van der Waals surface area contributed by atoms with Crippen LogP contribution in [-0.4, -0.2) is 49.9 Å². The lowest BCUT2D eigenvalue weighted by molar-refractivity contribution is -0.131. The molecule has 0 aliphatic carbocycles. The normalized spacial score (nSPS) is 18.1. The van der Waals surface area contributed by atoms with E-state index in [1.54, 1.807) is 19.1 Å². The number of carbonyl (C=O) groups excluding carboxylic acids is 2. The van der Waals surface area contributed by atoms with Gasteiger partial charge in [-0.15, -0.1) is 0 Å². The Kier molecular flexibility index (Phi) is 6.00. The molecule has 0 spiro atoms. The van der Waals surface area contributed by atoms with Gasteiger partial charge in [-0.25, -0.2) is 12.7 Å². The van der Waals surface area contributed by atoms with Crippen molar-refractivity contribution >= 4 is 21.8 Å². The molecule has 0 aromatic carbocycles. The number of nitrogens with one attached hydrogen (secondary N) is 2. The van der Waals surface area contributed by atoms with Crippen molar-refractivity contribution in [2.45, 2.75) is 32.4 Å². The van der Waals surface area contributed by atoms with Crippen LogP contribution in [0.4, 0.5) is 0 Å². The smallest absolute Gasteiger partial charge is 0.242 e. The highest BCUT2D eigenvalue weighted by molar-refractivity contribution is 7.88. The highest BCUT2D eigenvalue weighted by Crippen LogP contribution is 2.19. The highest BCUT2D eigenvalue weighted by Gasteiger charge is 2.30. The van der Waals surface area contributed by atoms with Gasteiger partial charge in [-0.1, -0.05) is 0 Å². The number of hydrogen-bond donors (Lipinski definition) is 2. The van der Waals surface area contributed by atoms with Crippen LogP contribution in [0.3, 0.4) is 0 Å². The Bertz CT molecular complexity index is 663. The van der Waals surface area contributed by atoms with E-state index in [9.17, 15) is 18.0 Å². The predicted octanol–water partition coefficient (Wildman–Crippen LogP) is 0.0721. The second-order valence-corrected chi connectivity index (χ2v) is 7.95. The van der Waals surface area contributed by atoms with Crippen LogP contribution in [0.5, 0.6) is 0 Å². The summed E-state index contributed by atoms with van der Waals surface area (Å²) >= 11 is 0. The number of sulfonamides is 1. The van der Waals surface area contributed by atoms with Gasteiger partial charge in [0.25, 0.3) is 0 Å². The van der Waals surface area contributed by atoms with Crippen LogP contribution in [0.15, 0.2) is 22.8 Å². The van der Waals surface area contributed by atoms with Gasteiger partial charge in [0.05, 0.1) is 19.1 Å². The maximum atomic E-state index is 12.2. The topological polar surface area (TPSA) is 109 Å². The summed E-state index contributed by atoms with van der Waals surface area (Å²) < 4.78 is 29.4. The van der Waals surface area contributed by atoms with Crippen LogP contribution in [0.2, 0.25) is 0 Å². The van der Waals surface area contributed by atoms with Crippen molar-refractivity contribution in [3.8, 4) is 0 Å². The van der Waals surface area contributed by atoms with Crippen LogP contribution >= 0.6 is 0 Å². The molecule has 0 bridgehead atoms. The fourth-order valence-corrected chi connectivity index (χ4v) is 3.46. The molecule has 1 atom stereocenters. The summed E-state index contributed by atoms with van der Waals surface area (Å²) in [4.78, 5) is 24.2. The lowest BCUT2D eigenvalue weighted by atomic mass is 9.97. The summed E-state index contributed by atoms with van der Waals surface area (Å²) in [7, 11) is -3.21. The molecule has 1 aromatic rings. The van der Waals surface area contributed by atoms with Gasteiger partial charge < -0.3 is 15.1 Å². The average molecular weight is 357 g/mol. The molecule has 2 N–H and O–H groups in total. The first-order valence-corrected chi connectivity index (χ1v) is 9.68. The minimum absolute atomic E-state index is 0.219. The van der Waals surface area contributed by atoms with Gasteiger partial charge in [-0.05, 0) is 31.9 Å². The molecule has 2 rings (SSSR count). The summed E-state index contributed by atoms with van der Waals surface area (Å²) in [5.41, 5.74) is 0. The van der Waals surface area contributed by atoms with Crippen LogP contribution in [-0.2, 0) is 26.2 Å². The van der Waals surface area contributed by atoms with E-state index in [4.69, 9.17) is 4.42 Å². The minimum atomic E-state index is -3.21. The molecule has 134 valence electrons. The SMILES string of the molecule is C[C@H](NC(=O)C1CCN(S(C)(=O)=O)CC1)C(=O)NCc1ccco1. The number of carbonyl (C=O) groups is 2. The number of amides is 2. The van der Waals surface area contributed by atoms with E-state index in [1.807, 2.05) is 0 Å². The van der Waals surface area contributed by atoms with Crippen LogP contribution in [0, 0.1) is 5.92 Å². The predicted molar refractivity (Wildman–Crippen MR) is 87.3 cm³/mol. The Balaban J connectivity index is 1.76. The first kappa shape index (κ1) is 18.5. The summed E-state index contributed by atoms with van der Waals surface area (Å²) in [6.45, 7) is 2.53. The average Bonchev–Trinajstić information content (AvgIpc) is 3.05. The van der Waals surface area contributed by atoms with Gasteiger partial charge >= 0.3 is 0 Å². The molecule has 2 amide bonds.